The molecular weight excluding hydrogens is 322 g/mol. The van der Waals surface area contributed by atoms with E-state index in [2.05, 4.69) is 15.6 Å². The van der Waals surface area contributed by atoms with Gasteiger partial charge in [0.2, 0.25) is 5.91 Å². The van der Waals surface area contributed by atoms with Gasteiger partial charge in [-0.15, -0.1) is 0 Å². The summed E-state index contributed by atoms with van der Waals surface area (Å²) in [7, 11) is 0. The van der Waals surface area contributed by atoms with E-state index in [-0.39, 0.29) is 11.8 Å². The van der Waals surface area contributed by atoms with Crippen molar-refractivity contribution in [3.05, 3.63) is 53.6 Å². The van der Waals surface area contributed by atoms with E-state index in [9.17, 15) is 9.59 Å². The summed E-state index contributed by atoms with van der Waals surface area (Å²) in [6.45, 7) is 3.81. The molecule has 0 saturated heterocycles. The third-order valence-corrected chi connectivity index (χ3v) is 4.45. The molecule has 24 heavy (non-hydrogen) atoms. The van der Waals surface area contributed by atoms with Crippen LogP contribution < -0.4 is 10.6 Å². The molecule has 3 rings (SSSR count). The molecule has 0 atom stereocenters. The lowest BCUT2D eigenvalue weighted by molar-refractivity contribution is -0.115. The summed E-state index contributed by atoms with van der Waals surface area (Å²) < 4.78 is 1.04. The minimum Gasteiger partial charge on any atom is -0.326 e. The highest BCUT2D eigenvalue weighted by atomic mass is 32.1. The highest BCUT2D eigenvalue weighted by Gasteiger charge is 2.10. The molecule has 1 aromatic heterocycles. The van der Waals surface area contributed by atoms with Gasteiger partial charge in [-0.3, -0.25) is 14.9 Å². The number of rotatable bonds is 4. The summed E-state index contributed by atoms with van der Waals surface area (Å²) in [6, 6.07) is 12.8. The fraction of sp³-hybridized carbons (Fsp3) is 0.167. The molecule has 0 aliphatic rings. The zero-order chi connectivity index (χ0) is 17.1. The van der Waals surface area contributed by atoms with Crippen LogP contribution in [-0.4, -0.2) is 16.8 Å². The molecule has 2 aromatic carbocycles. The van der Waals surface area contributed by atoms with Crippen molar-refractivity contribution in [1.29, 1.82) is 0 Å². The van der Waals surface area contributed by atoms with Crippen LogP contribution in [0.15, 0.2) is 42.5 Å². The molecular formula is C18H17N3O2S. The quantitative estimate of drug-likeness (QED) is 0.748. The van der Waals surface area contributed by atoms with Crippen molar-refractivity contribution in [1.82, 2.24) is 4.98 Å². The monoisotopic (exact) mass is 339 g/mol. The predicted octanol–water partition coefficient (Wildman–Crippen LogP) is 4.21. The molecule has 0 fully saturated rings. The van der Waals surface area contributed by atoms with Gasteiger partial charge in [-0.25, -0.2) is 4.98 Å². The summed E-state index contributed by atoms with van der Waals surface area (Å²) in [5, 5.41) is 6.14. The van der Waals surface area contributed by atoms with Gasteiger partial charge in [0, 0.05) is 17.7 Å². The number of benzene rings is 2. The molecule has 0 aliphatic carbocycles. The van der Waals surface area contributed by atoms with Crippen molar-refractivity contribution < 1.29 is 9.59 Å². The normalized spacial score (nSPS) is 10.6. The fourth-order valence-electron chi connectivity index (χ4n) is 2.21. The van der Waals surface area contributed by atoms with E-state index in [1.165, 1.54) is 11.3 Å². The molecule has 6 heteroatoms. The Morgan fingerprint density at radius 3 is 2.54 bits per heavy atom. The van der Waals surface area contributed by atoms with Crippen LogP contribution in [0.3, 0.4) is 0 Å². The van der Waals surface area contributed by atoms with Gasteiger partial charge in [-0.1, -0.05) is 24.3 Å². The van der Waals surface area contributed by atoms with Crippen LogP contribution in [0.25, 0.3) is 10.2 Å². The van der Waals surface area contributed by atoms with Crippen molar-refractivity contribution in [2.24, 2.45) is 0 Å². The Hall–Kier alpha value is -2.73. The number of thiazole rings is 1. The summed E-state index contributed by atoms with van der Waals surface area (Å²) in [4.78, 5) is 28.1. The average Bonchev–Trinajstić information content (AvgIpc) is 2.96. The number of aryl methyl sites for hydroxylation is 1. The van der Waals surface area contributed by atoms with Crippen molar-refractivity contribution in [2.75, 3.05) is 10.6 Å². The number of carbonyl (C=O) groups is 2. The molecule has 2 amide bonds. The maximum absolute atomic E-state index is 12.3. The second kappa shape index (κ2) is 6.80. The largest absolute Gasteiger partial charge is 0.326 e. The van der Waals surface area contributed by atoms with Gasteiger partial charge in [0.1, 0.15) is 0 Å². The first-order valence-electron chi connectivity index (χ1n) is 7.63. The summed E-state index contributed by atoms with van der Waals surface area (Å²) in [6.07, 6.45) is 0.416. The van der Waals surface area contributed by atoms with Crippen molar-refractivity contribution >= 4 is 44.2 Å². The zero-order valence-corrected chi connectivity index (χ0v) is 14.2. The van der Waals surface area contributed by atoms with E-state index in [1.54, 1.807) is 31.2 Å². The van der Waals surface area contributed by atoms with E-state index in [0.29, 0.717) is 22.8 Å². The summed E-state index contributed by atoms with van der Waals surface area (Å²) >= 11 is 1.45. The van der Waals surface area contributed by atoms with Crippen LogP contribution in [0.4, 0.5) is 10.8 Å². The molecule has 0 bridgehead atoms. The van der Waals surface area contributed by atoms with Crippen LogP contribution >= 0.6 is 11.3 Å². The Bertz CT molecular complexity index is 900. The van der Waals surface area contributed by atoms with Crippen LogP contribution in [0.2, 0.25) is 0 Å². The summed E-state index contributed by atoms with van der Waals surface area (Å²) in [5.41, 5.74) is 3.22. The van der Waals surface area contributed by atoms with E-state index in [1.807, 2.05) is 25.1 Å². The minimum atomic E-state index is -0.223. The molecule has 0 unspecified atom stereocenters. The first-order valence-corrected chi connectivity index (χ1v) is 8.45. The molecule has 5 nitrogen and oxygen atoms in total. The van der Waals surface area contributed by atoms with E-state index < -0.39 is 0 Å². The average molecular weight is 339 g/mol. The Labute approximate surface area is 143 Å². The Kier molecular flexibility index (Phi) is 4.57. The molecule has 0 aliphatic heterocycles. The Balaban J connectivity index is 1.72. The molecule has 0 spiro atoms. The van der Waals surface area contributed by atoms with Crippen LogP contribution in [0.5, 0.6) is 0 Å². The number of amides is 2. The van der Waals surface area contributed by atoms with Crippen molar-refractivity contribution in [3.8, 4) is 0 Å². The van der Waals surface area contributed by atoms with Crippen LogP contribution in [0, 0.1) is 6.92 Å². The maximum Gasteiger partial charge on any atom is 0.257 e. The molecule has 0 saturated carbocycles. The third kappa shape index (κ3) is 3.60. The Morgan fingerprint density at radius 2 is 1.83 bits per heavy atom. The van der Waals surface area contributed by atoms with Gasteiger partial charge >= 0.3 is 0 Å². The smallest absolute Gasteiger partial charge is 0.257 e. The van der Waals surface area contributed by atoms with Gasteiger partial charge in [0.05, 0.1) is 10.2 Å². The topological polar surface area (TPSA) is 71.1 Å². The first-order chi connectivity index (χ1) is 11.5. The number of hydrogen-bond acceptors (Lipinski definition) is 4. The van der Waals surface area contributed by atoms with Crippen LogP contribution in [-0.2, 0) is 4.79 Å². The number of aromatic nitrogens is 1. The fourth-order valence-corrected chi connectivity index (χ4v) is 3.17. The standard InChI is InChI=1S/C18H17N3O2S/c1-3-16(22)19-13-7-5-12(6-8-13)17(23)21-18-20-14-9-4-11(2)10-15(14)24-18/h4-10H,3H2,1-2H3,(H,19,22)(H,20,21,23). The number of hydrogen-bond donors (Lipinski definition) is 2. The van der Waals surface area contributed by atoms with Gasteiger partial charge in [0.15, 0.2) is 5.13 Å². The van der Waals surface area contributed by atoms with E-state index in [0.717, 1.165) is 15.8 Å². The van der Waals surface area contributed by atoms with Gasteiger partial charge in [-0.2, -0.15) is 0 Å². The highest BCUT2D eigenvalue weighted by molar-refractivity contribution is 7.22. The molecule has 2 N–H and O–H groups in total. The van der Waals surface area contributed by atoms with Gasteiger partial charge in [0.25, 0.3) is 5.91 Å². The third-order valence-electron chi connectivity index (χ3n) is 3.52. The zero-order valence-electron chi connectivity index (χ0n) is 13.4. The molecule has 3 aromatic rings. The van der Waals surface area contributed by atoms with E-state index >= 15 is 0 Å². The number of carbonyl (C=O) groups excluding carboxylic acids is 2. The Morgan fingerprint density at radius 1 is 1.08 bits per heavy atom. The maximum atomic E-state index is 12.3. The number of anilines is 2. The molecule has 1 heterocycles. The van der Waals surface area contributed by atoms with Gasteiger partial charge in [-0.05, 0) is 48.9 Å². The lowest BCUT2D eigenvalue weighted by Crippen LogP contribution is -2.12. The lowest BCUT2D eigenvalue weighted by atomic mass is 10.2. The number of nitrogens with one attached hydrogen (secondary N) is 2. The molecule has 0 radical (unpaired) electrons. The van der Waals surface area contributed by atoms with Gasteiger partial charge < -0.3 is 5.32 Å². The minimum absolute atomic E-state index is 0.0584. The van der Waals surface area contributed by atoms with E-state index in [4.69, 9.17) is 0 Å². The van der Waals surface area contributed by atoms with Crippen molar-refractivity contribution in [2.45, 2.75) is 20.3 Å². The SMILES string of the molecule is CCC(=O)Nc1ccc(C(=O)Nc2nc3ccc(C)cc3s2)cc1. The summed E-state index contributed by atoms with van der Waals surface area (Å²) in [5.74, 6) is -0.281. The number of nitrogens with zero attached hydrogens (tertiary/aromatic N) is 1. The lowest BCUT2D eigenvalue weighted by Gasteiger charge is -2.05. The molecule has 122 valence electrons. The van der Waals surface area contributed by atoms with Crippen molar-refractivity contribution in [3.63, 3.8) is 0 Å². The predicted molar refractivity (Wildman–Crippen MR) is 97.7 cm³/mol. The second-order valence-corrected chi connectivity index (χ2v) is 6.45. The second-order valence-electron chi connectivity index (χ2n) is 5.42. The highest BCUT2D eigenvalue weighted by Crippen LogP contribution is 2.27. The number of fused-ring (bicyclic) bond motifs is 1. The van der Waals surface area contributed by atoms with Crippen LogP contribution in [0.1, 0.15) is 29.3 Å². The first kappa shape index (κ1) is 16.1.